The first-order valence-electron chi connectivity index (χ1n) is 9.11. The Morgan fingerprint density at radius 2 is 2.10 bits per heavy atom. The zero-order valence-corrected chi connectivity index (χ0v) is 18.4. The lowest BCUT2D eigenvalue weighted by Crippen LogP contribution is -2.48. The van der Waals surface area contributed by atoms with E-state index < -0.39 is 17.8 Å². The van der Waals surface area contributed by atoms with Gasteiger partial charge >= 0.3 is 6.18 Å². The number of halogens is 4. The third-order valence-corrected chi connectivity index (χ3v) is 4.55. The number of pyridine rings is 1. The van der Waals surface area contributed by atoms with Crippen LogP contribution in [0.2, 0.25) is 0 Å². The lowest BCUT2D eigenvalue weighted by atomic mass is 10.0. The monoisotopic (exact) mass is 520 g/mol. The number of hydrogen-bond acceptors (Lipinski definition) is 3. The first-order valence-corrected chi connectivity index (χ1v) is 9.11. The molecule has 158 valence electrons. The van der Waals surface area contributed by atoms with Gasteiger partial charge in [-0.05, 0) is 29.8 Å². The van der Waals surface area contributed by atoms with Gasteiger partial charge in [0.1, 0.15) is 6.10 Å². The van der Waals surface area contributed by atoms with Crippen molar-refractivity contribution in [1.29, 1.82) is 0 Å². The molecule has 0 spiro atoms. The van der Waals surface area contributed by atoms with Gasteiger partial charge in [0.2, 0.25) is 0 Å². The molecule has 1 unspecified atom stereocenters. The van der Waals surface area contributed by atoms with Crippen LogP contribution in [-0.2, 0) is 17.3 Å². The Balaban J connectivity index is 0.00000300. The zero-order valence-electron chi connectivity index (χ0n) is 16.0. The molecule has 1 aromatic heterocycles. The Kier molecular flexibility index (Phi) is 8.69. The molecule has 1 N–H and O–H groups in total. The van der Waals surface area contributed by atoms with E-state index >= 15 is 0 Å². The van der Waals surface area contributed by atoms with Crippen LogP contribution in [0.5, 0.6) is 0 Å². The van der Waals surface area contributed by atoms with Crippen molar-refractivity contribution in [2.45, 2.75) is 18.7 Å². The Hall–Kier alpha value is -1.88. The highest BCUT2D eigenvalue weighted by atomic mass is 127. The predicted molar refractivity (Wildman–Crippen MR) is 116 cm³/mol. The molecule has 0 radical (unpaired) electrons. The second-order valence-corrected chi connectivity index (χ2v) is 6.47. The summed E-state index contributed by atoms with van der Waals surface area (Å²) in [7, 11) is 1.69. The number of nitrogens with one attached hydrogen (secondary N) is 1. The number of aromatic nitrogens is 1. The molecule has 1 aliphatic heterocycles. The van der Waals surface area contributed by atoms with E-state index in [0.29, 0.717) is 37.8 Å². The molecule has 0 amide bonds. The smallest absolute Gasteiger partial charge is 0.370 e. The maximum absolute atomic E-state index is 13.0. The maximum atomic E-state index is 13.0. The van der Waals surface area contributed by atoms with E-state index in [0.717, 1.165) is 24.2 Å². The number of alkyl halides is 3. The number of benzene rings is 1. The van der Waals surface area contributed by atoms with Gasteiger partial charge in [0.25, 0.3) is 0 Å². The van der Waals surface area contributed by atoms with Gasteiger partial charge in [-0.25, -0.2) is 0 Å². The maximum Gasteiger partial charge on any atom is 0.416 e. The molecule has 0 bridgehead atoms. The van der Waals surface area contributed by atoms with E-state index in [1.54, 1.807) is 19.3 Å². The van der Waals surface area contributed by atoms with Crippen molar-refractivity contribution in [3.8, 4) is 0 Å². The molecular weight excluding hydrogens is 496 g/mol. The largest absolute Gasteiger partial charge is 0.416 e. The highest BCUT2D eigenvalue weighted by Crippen LogP contribution is 2.32. The molecule has 1 aliphatic rings. The third kappa shape index (κ3) is 6.56. The lowest BCUT2D eigenvalue weighted by Gasteiger charge is -2.35. The second-order valence-electron chi connectivity index (χ2n) is 6.47. The molecule has 1 atom stereocenters. The average molecular weight is 520 g/mol. The first-order chi connectivity index (χ1) is 13.5. The fourth-order valence-electron chi connectivity index (χ4n) is 3.14. The molecule has 9 heteroatoms. The fourth-order valence-corrected chi connectivity index (χ4v) is 3.14. The van der Waals surface area contributed by atoms with E-state index in [2.05, 4.69) is 15.3 Å². The summed E-state index contributed by atoms with van der Waals surface area (Å²) in [6, 6.07) is 11.1. The summed E-state index contributed by atoms with van der Waals surface area (Å²) in [4.78, 5) is 10.6. The topological polar surface area (TPSA) is 49.8 Å². The Bertz CT molecular complexity index is 802. The van der Waals surface area contributed by atoms with Crippen molar-refractivity contribution >= 4 is 29.9 Å². The molecule has 3 rings (SSSR count). The number of morpholine rings is 1. The van der Waals surface area contributed by atoms with Gasteiger partial charge in [-0.1, -0.05) is 18.2 Å². The summed E-state index contributed by atoms with van der Waals surface area (Å²) in [5.74, 6) is 0.705. The van der Waals surface area contributed by atoms with Crippen LogP contribution in [-0.4, -0.2) is 49.1 Å². The van der Waals surface area contributed by atoms with Crippen LogP contribution in [0.1, 0.15) is 22.9 Å². The Morgan fingerprint density at radius 3 is 2.79 bits per heavy atom. The normalized spacial score (nSPS) is 17.6. The van der Waals surface area contributed by atoms with Crippen LogP contribution in [0.15, 0.2) is 53.7 Å². The first kappa shape index (κ1) is 23.4. The molecule has 1 fully saturated rings. The van der Waals surface area contributed by atoms with Crippen LogP contribution >= 0.6 is 24.0 Å². The van der Waals surface area contributed by atoms with Crippen molar-refractivity contribution in [2.24, 2.45) is 4.99 Å². The van der Waals surface area contributed by atoms with E-state index in [1.807, 2.05) is 23.1 Å². The van der Waals surface area contributed by atoms with Crippen LogP contribution < -0.4 is 5.32 Å². The molecule has 1 aromatic carbocycles. The molecule has 2 heterocycles. The fraction of sp³-hybridized carbons (Fsp3) is 0.400. The van der Waals surface area contributed by atoms with Gasteiger partial charge in [0, 0.05) is 38.4 Å². The molecule has 1 saturated heterocycles. The van der Waals surface area contributed by atoms with E-state index in [1.165, 1.54) is 6.07 Å². The minimum absolute atomic E-state index is 0. The van der Waals surface area contributed by atoms with Crippen LogP contribution in [0.3, 0.4) is 0 Å². The Morgan fingerprint density at radius 1 is 1.28 bits per heavy atom. The summed E-state index contributed by atoms with van der Waals surface area (Å²) in [6.07, 6.45) is -2.30. The molecule has 29 heavy (non-hydrogen) atoms. The molecule has 5 nitrogen and oxygen atoms in total. The van der Waals surface area contributed by atoms with Crippen molar-refractivity contribution in [2.75, 3.05) is 33.3 Å². The number of aliphatic imine (C=N–C) groups is 1. The zero-order chi connectivity index (χ0) is 20.0. The SMILES string of the molecule is CN=C(NCCc1ccccn1)N1CCOC(c2cccc(C(F)(F)F)c2)C1.I. The highest BCUT2D eigenvalue weighted by molar-refractivity contribution is 14.0. The van der Waals surface area contributed by atoms with Crippen LogP contribution in [0, 0.1) is 0 Å². The van der Waals surface area contributed by atoms with E-state index in [9.17, 15) is 13.2 Å². The number of guanidine groups is 1. The minimum Gasteiger partial charge on any atom is -0.370 e. The van der Waals surface area contributed by atoms with E-state index in [4.69, 9.17) is 4.74 Å². The minimum atomic E-state index is -4.37. The quantitative estimate of drug-likeness (QED) is 0.378. The number of ether oxygens (including phenoxy) is 1. The van der Waals surface area contributed by atoms with E-state index in [-0.39, 0.29) is 24.0 Å². The number of hydrogen-bond donors (Lipinski definition) is 1. The van der Waals surface area contributed by atoms with Crippen LogP contribution in [0.4, 0.5) is 13.2 Å². The Labute approximate surface area is 185 Å². The van der Waals surface area contributed by atoms with Gasteiger partial charge in [-0.3, -0.25) is 9.98 Å². The van der Waals surface area contributed by atoms with Gasteiger partial charge in [0.15, 0.2) is 5.96 Å². The highest BCUT2D eigenvalue weighted by Gasteiger charge is 2.32. The van der Waals surface area contributed by atoms with Crippen molar-refractivity contribution in [3.63, 3.8) is 0 Å². The summed E-state index contributed by atoms with van der Waals surface area (Å²) < 4.78 is 44.7. The van der Waals surface area contributed by atoms with Gasteiger partial charge in [0.05, 0.1) is 18.7 Å². The lowest BCUT2D eigenvalue weighted by molar-refractivity contribution is -0.137. The van der Waals surface area contributed by atoms with Crippen LogP contribution in [0.25, 0.3) is 0 Å². The van der Waals surface area contributed by atoms with Gasteiger partial charge in [-0.2, -0.15) is 13.2 Å². The third-order valence-electron chi connectivity index (χ3n) is 4.55. The summed E-state index contributed by atoms with van der Waals surface area (Å²) in [5, 5.41) is 3.30. The number of nitrogens with zero attached hydrogens (tertiary/aromatic N) is 3. The summed E-state index contributed by atoms with van der Waals surface area (Å²) >= 11 is 0. The summed E-state index contributed by atoms with van der Waals surface area (Å²) in [6.45, 7) is 2.14. The van der Waals surface area contributed by atoms with Gasteiger partial charge in [-0.15, -0.1) is 24.0 Å². The number of rotatable bonds is 4. The average Bonchev–Trinajstić information content (AvgIpc) is 2.71. The summed E-state index contributed by atoms with van der Waals surface area (Å²) in [5.41, 5.74) is 0.835. The van der Waals surface area contributed by atoms with Crippen molar-refractivity contribution in [3.05, 3.63) is 65.5 Å². The van der Waals surface area contributed by atoms with Crippen molar-refractivity contribution < 1.29 is 17.9 Å². The second kappa shape index (κ2) is 10.8. The predicted octanol–water partition coefficient (Wildman–Crippen LogP) is 3.91. The van der Waals surface area contributed by atoms with Crippen molar-refractivity contribution in [1.82, 2.24) is 15.2 Å². The molecule has 0 saturated carbocycles. The van der Waals surface area contributed by atoms with Gasteiger partial charge < -0.3 is 15.0 Å². The standard InChI is InChI=1S/C20H23F3N4O.HI/c1-24-19(26-10-8-17-7-2-3-9-25-17)27-11-12-28-18(14-27)15-5-4-6-16(13-15)20(21,22)23;/h2-7,9,13,18H,8,10-12,14H2,1H3,(H,24,26);1H. The molecule has 0 aliphatic carbocycles. The molecular formula is C20H24F3IN4O. The molecule has 2 aromatic rings.